The molecule has 0 aliphatic rings. The summed E-state index contributed by atoms with van der Waals surface area (Å²) in [6.45, 7) is 6.15. The van der Waals surface area contributed by atoms with E-state index in [4.69, 9.17) is 0 Å². The molecule has 0 aliphatic heterocycles. The van der Waals surface area contributed by atoms with Gasteiger partial charge in [-0.3, -0.25) is 4.79 Å². The van der Waals surface area contributed by atoms with E-state index in [1.807, 2.05) is 13.8 Å². The summed E-state index contributed by atoms with van der Waals surface area (Å²) in [5.74, 6) is 0.510. The fourth-order valence-electron chi connectivity index (χ4n) is 1.43. The van der Waals surface area contributed by atoms with Gasteiger partial charge in [-0.1, -0.05) is 68.8 Å². The topological polar surface area (TPSA) is 17.1 Å². The summed E-state index contributed by atoms with van der Waals surface area (Å²) in [7, 11) is 0. The molecule has 0 amide bonds. The molecule has 0 aromatic heterocycles. The third-order valence-corrected chi connectivity index (χ3v) is 3.35. The molecule has 0 saturated carbocycles. The first kappa shape index (κ1) is 14.2. The molecule has 0 aromatic carbocycles. The molecule has 1 unspecified atom stereocenters. The summed E-state index contributed by atoms with van der Waals surface area (Å²) in [4.78, 5) is 11.6. The summed E-state index contributed by atoms with van der Waals surface area (Å²) >= 11 is 3.46. The van der Waals surface area contributed by atoms with Crippen LogP contribution in [-0.4, -0.2) is 10.6 Å². The minimum absolute atomic E-state index is 0.0872. The van der Waals surface area contributed by atoms with Crippen LogP contribution < -0.4 is 0 Å². The molecule has 0 rings (SSSR count). The fourth-order valence-corrected chi connectivity index (χ4v) is 2.28. The molecule has 0 fully saturated rings. The Bertz CT molecular complexity index is 154. The van der Waals surface area contributed by atoms with Crippen molar-refractivity contribution in [1.82, 2.24) is 0 Å². The Labute approximate surface area is 96.8 Å². The Morgan fingerprint density at radius 2 is 1.71 bits per heavy atom. The van der Waals surface area contributed by atoms with Crippen molar-refractivity contribution >= 4 is 21.7 Å². The molecular formula is C12H23BrO. The van der Waals surface area contributed by atoms with Gasteiger partial charge in [-0.05, 0) is 6.42 Å². The van der Waals surface area contributed by atoms with E-state index < -0.39 is 0 Å². The smallest absolute Gasteiger partial charge is 0.148 e. The molecule has 14 heavy (non-hydrogen) atoms. The fraction of sp³-hybridized carbons (Fsp3) is 0.917. The average molecular weight is 263 g/mol. The van der Waals surface area contributed by atoms with Crippen molar-refractivity contribution in [2.75, 3.05) is 0 Å². The number of carbonyl (C=O) groups excluding carboxylic acids is 1. The number of unbranched alkanes of at least 4 members (excludes halogenated alkanes) is 4. The minimum atomic E-state index is 0.0872. The Morgan fingerprint density at radius 1 is 1.14 bits per heavy atom. The van der Waals surface area contributed by atoms with Crippen molar-refractivity contribution in [3.63, 3.8) is 0 Å². The summed E-state index contributed by atoms with van der Waals surface area (Å²) < 4.78 is 0. The highest BCUT2D eigenvalue weighted by Gasteiger charge is 2.16. The predicted octanol–water partition coefficient (Wildman–Crippen LogP) is 4.34. The van der Waals surface area contributed by atoms with Crippen LogP contribution in [0.1, 0.15) is 59.3 Å². The summed E-state index contributed by atoms with van der Waals surface area (Å²) in [5.41, 5.74) is 0. The molecule has 0 N–H and O–H groups in total. The first-order valence-corrected chi connectivity index (χ1v) is 6.69. The lowest BCUT2D eigenvalue weighted by molar-refractivity contribution is -0.121. The number of alkyl halides is 1. The monoisotopic (exact) mass is 262 g/mol. The van der Waals surface area contributed by atoms with Gasteiger partial charge in [0.2, 0.25) is 0 Å². The molecule has 2 heteroatoms. The van der Waals surface area contributed by atoms with E-state index in [1.54, 1.807) is 0 Å². The Balaban J connectivity index is 3.44. The molecule has 0 radical (unpaired) electrons. The van der Waals surface area contributed by atoms with Gasteiger partial charge in [0.05, 0.1) is 4.83 Å². The SMILES string of the molecule is CCCCCCCC(Br)C(=O)C(C)C. The van der Waals surface area contributed by atoms with E-state index in [2.05, 4.69) is 22.9 Å². The van der Waals surface area contributed by atoms with Gasteiger partial charge >= 0.3 is 0 Å². The average Bonchev–Trinajstić information content (AvgIpc) is 2.16. The first-order chi connectivity index (χ1) is 6.59. The number of halogens is 1. The molecule has 1 atom stereocenters. The third-order valence-electron chi connectivity index (χ3n) is 2.44. The van der Waals surface area contributed by atoms with Gasteiger partial charge in [0.25, 0.3) is 0 Å². The molecule has 0 spiro atoms. The molecule has 84 valence electrons. The van der Waals surface area contributed by atoms with Gasteiger partial charge in [0, 0.05) is 5.92 Å². The third kappa shape index (κ3) is 6.58. The van der Waals surface area contributed by atoms with E-state index >= 15 is 0 Å². The number of ketones is 1. The van der Waals surface area contributed by atoms with E-state index in [9.17, 15) is 4.79 Å². The lowest BCUT2D eigenvalue weighted by atomic mass is 10.0. The van der Waals surface area contributed by atoms with Crippen LogP contribution in [0.25, 0.3) is 0 Å². The standard InChI is InChI=1S/C12H23BrO/c1-4-5-6-7-8-9-11(13)12(14)10(2)3/h10-11H,4-9H2,1-3H3. The molecule has 0 aromatic rings. The van der Waals surface area contributed by atoms with Crippen molar-refractivity contribution in [3.05, 3.63) is 0 Å². The van der Waals surface area contributed by atoms with Gasteiger partial charge in [-0.2, -0.15) is 0 Å². The molecular weight excluding hydrogens is 240 g/mol. The largest absolute Gasteiger partial charge is 0.298 e. The van der Waals surface area contributed by atoms with Gasteiger partial charge in [0.15, 0.2) is 0 Å². The summed E-state index contributed by atoms with van der Waals surface area (Å²) in [6.07, 6.45) is 7.36. The quantitative estimate of drug-likeness (QED) is 0.470. The zero-order valence-corrected chi connectivity index (χ0v) is 11.3. The lowest BCUT2D eigenvalue weighted by Crippen LogP contribution is -2.19. The van der Waals surface area contributed by atoms with E-state index in [1.165, 1.54) is 32.1 Å². The predicted molar refractivity (Wildman–Crippen MR) is 65.9 cm³/mol. The molecule has 0 saturated heterocycles. The second kappa shape index (κ2) is 8.46. The van der Waals surface area contributed by atoms with Crippen LogP contribution in [0.3, 0.4) is 0 Å². The van der Waals surface area contributed by atoms with E-state index in [0.717, 1.165) is 6.42 Å². The Hall–Kier alpha value is 0.150. The molecule has 0 aliphatic carbocycles. The number of rotatable bonds is 8. The second-order valence-electron chi connectivity index (χ2n) is 4.23. The highest BCUT2D eigenvalue weighted by Crippen LogP contribution is 2.16. The van der Waals surface area contributed by atoms with Crippen molar-refractivity contribution in [2.45, 2.75) is 64.1 Å². The summed E-state index contributed by atoms with van der Waals surface area (Å²) in [6, 6.07) is 0. The normalized spacial score (nSPS) is 13.2. The van der Waals surface area contributed by atoms with Gasteiger partial charge in [-0.25, -0.2) is 0 Å². The van der Waals surface area contributed by atoms with Crippen LogP contribution in [0, 0.1) is 5.92 Å². The van der Waals surface area contributed by atoms with Gasteiger partial charge in [0.1, 0.15) is 5.78 Å². The Morgan fingerprint density at radius 3 is 2.21 bits per heavy atom. The first-order valence-electron chi connectivity index (χ1n) is 5.77. The van der Waals surface area contributed by atoms with E-state index in [-0.39, 0.29) is 10.7 Å². The Kier molecular flexibility index (Phi) is 8.55. The maximum absolute atomic E-state index is 11.5. The zero-order valence-electron chi connectivity index (χ0n) is 9.68. The lowest BCUT2D eigenvalue weighted by Gasteiger charge is -2.10. The number of hydrogen-bond donors (Lipinski definition) is 0. The van der Waals surface area contributed by atoms with Crippen molar-refractivity contribution in [2.24, 2.45) is 5.92 Å². The molecule has 1 nitrogen and oxygen atoms in total. The molecule has 0 heterocycles. The van der Waals surface area contributed by atoms with Crippen LogP contribution in [0.4, 0.5) is 0 Å². The molecule has 0 bridgehead atoms. The minimum Gasteiger partial charge on any atom is -0.298 e. The number of carbonyl (C=O) groups is 1. The van der Waals surface area contributed by atoms with Crippen LogP contribution in [-0.2, 0) is 4.79 Å². The summed E-state index contributed by atoms with van der Waals surface area (Å²) in [5, 5.41) is 0. The number of hydrogen-bond acceptors (Lipinski definition) is 1. The zero-order chi connectivity index (χ0) is 11.0. The van der Waals surface area contributed by atoms with Gasteiger partial charge in [-0.15, -0.1) is 0 Å². The van der Waals surface area contributed by atoms with Crippen LogP contribution >= 0.6 is 15.9 Å². The van der Waals surface area contributed by atoms with Crippen LogP contribution in [0.5, 0.6) is 0 Å². The number of Topliss-reactive ketones (excluding diaryl/α,β-unsaturated/α-hetero) is 1. The highest BCUT2D eigenvalue weighted by molar-refractivity contribution is 9.10. The second-order valence-corrected chi connectivity index (χ2v) is 5.33. The van der Waals surface area contributed by atoms with Gasteiger partial charge < -0.3 is 0 Å². The van der Waals surface area contributed by atoms with Crippen molar-refractivity contribution in [3.8, 4) is 0 Å². The maximum atomic E-state index is 11.5. The van der Waals surface area contributed by atoms with Crippen molar-refractivity contribution < 1.29 is 4.79 Å². The maximum Gasteiger partial charge on any atom is 0.148 e. The van der Waals surface area contributed by atoms with E-state index in [0.29, 0.717) is 5.78 Å². The highest BCUT2D eigenvalue weighted by atomic mass is 79.9. The van der Waals surface area contributed by atoms with Crippen LogP contribution in [0.2, 0.25) is 0 Å². The van der Waals surface area contributed by atoms with Crippen molar-refractivity contribution in [1.29, 1.82) is 0 Å². The van der Waals surface area contributed by atoms with Crippen LogP contribution in [0.15, 0.2) is 0 Å².